The lowest BCUT2D eigenvalue weighted by Gasteiger charge is -2.23. The van der Waals surface area contributed by atoms with E-state index < -0.39 is 9.84 Å². The Kier molecular flexibility index (Phi) is 4.68. The predicted octanol–water partition coefficient (Wildman–Crippen LogP) is 3.32. The third-order valence-electron chi connectivity index (χ3n) is 5.41. The van der Waals surface area contributed by atoms with Crippen LogP contribution in [0.25, 0.3) is 0 Å². The number of urea groups is 1. The highest BCUT2D eigenvalue weighted by Gasteiger charge is 2.53. The third kappa shape index (κ3) is 3.34. The van der Waals surface area contributed by atoms with Gasteiger partial charge in [-0.1, -0.05) is 30.3 Å². The van der Waals surface area contributed by atoms with Crippen LogP contribution >= 0.6 is 11.8 Å². The monoisotopic (exact) mass is 402 g/mol. The molecule has 2 aliphatic rings. The highest BCUT2D eigenvalue weighted by atomic mass is 32.2. The van der Waals surface area contributed by atoms with Crippen molar-refractivity contribution in [2.75, 3.05) is 22.7 Å². The molecule has 0 saturated carbocycles. The first-order valence-electron chi connectivity index (χ1n) is 8.88. The SMILES string of the molecule is CSc1cccc(N2C(=O)N(Cc3ccccc3C)[C@H]3CS(=O)(=O)C[C@H]32)c1. The first-order valence-corrected chi connectivity index (χ1v) is 11.9. The summed E-state index contributed by atoms with van der Waals surface area (Å²) >= 11 is 1.60. The molecule has 0 spiro atoms. The molecule has 0 N–H and O–H groups in total. The highest BCUT2D eigenvalue weighted by molar-refractivity contribution is 7.98. The van der Waals surface area contributed by atoms with E-state index in [1.54, 1.807) is 21.6 Å². The third-order valence-corrected chi connectivity index (χ3v) is 7.83. The fourth-order valence-electron chi connectivity index (χ4n) is 4.00. The molecule has 142 valence electrons. The van der Waals surface area contributed by atoms with Crippen LogP contribution in [0.3, 0.4) is 0 Å². The largest absolute Gasteiger partial charge is 0.325 e. The Labute approximate surface area is 164 Å². The minimum absolute atomic E-state index is 0.0250. The van der Waals surface area contributed by atoms with Gasteiger partial charge < -0.3 is 4.90 Å². The Hall–Kier alpha value is -1.99. The number of carbonyl (C=O) groups is 1. The molecule has 27 heavy (non-hydrogen) atoms. The van der Waals surface area contributed by atoms with E-state index >= 15 is 0 Å². The molecule has 5 nitrogen and oxygen atoms in total. The fraction of sp³-hybridized carbons (Fsp3) is 0.350. The van der Waals surface area contributed by atoms with Gasteiger partial charge in [-0.05, 0) is 42.5 Å². The second-order valence-corrected chi connectivity index (χ2v) is 10.2. The van der Waals surface area contributed by atoms with E-state index in [-0.39, 0.29) is 29.6 Å². The molecule has 7 heteroatoms. The number of fused-ring (bicyclic) bond motifs is 1. The second kappa shape index (κ2) is 6.87. The van der Waals surface area contributed by atoms with E-state index in [1.165, 1.54) is 0 Å². The van der Waals surface area contributed by atoms with Crippen LogP contribution in [-0.4, -0.2) is 49.2 Å². The zero-order valence-electron chi connectivity index (χ0n) is 15.3. The van der Waals surface area contributed by atoms with Gasteiger partial charge in [-0.3, -0.25) is 4.90 Å². The first-order chi connectivity index (χ1) is 12.9. The normalized spacial score (nSPS) is 23.7. The lowest BCUT2D eigenvalue weighted by Crippen LogP contribution is -2.37. The van der Waals surface area contributed by atoms with Crippen LogP contribution in [0.4, 0.5) is 10.5 Å². The van der Waals surface area contributed by atoms with Crippen molar-refractivity contribution < 1.29 is 13.2 Å². The van der Waals surface area contributed by atoms with Crippen LogP contribution in [0.15, 0.2) is 53.4 Å². The Morgan fingerprint density at radius 2 is 1.81 bits per heavy atom. The number of anilines is 1. The van der Waals surface area contributed by atoms with Crippen molar-refractivity contribution in [3.63, 3.8) is 0 Å². The Morgan fingerprint density at radius 3 is 2.56 bits per heavy atom. The summed E-state index contributed by atoms with van der Waals surface area (Å²) in [6.07, 6.45) is 1.98. The number of sulfone groups is 1. The van der Waals surface area contributed by atoms with Crippen LogP contribution in [0.5, 0.6) is 0 Å². The van der Waals surface area contributed by atoms with Gasteiger partial charge in [0.15, 0.2) is 9.84 Å². The number of carbonyl (C=O) groups excluding carboxylic acids is 1. The zero-order chi connectivity index (χ0) is 19.2. The van der Waals surface area contributed by atoms with Crippen LogP contribution in [0, 0.1) is 6.92 Å². The van der Waals surface area contributed by atoms with Crippen molar-refractivity contribution in [1.29, 1.82) is 0 Å². The Bertz CT molecular complexity index is 990. The number of rotatable bonds is 4. The minimum atomic E-state index is -3.16. The van der Waals surface area contributed by atoms with Crippen molar-refractivity contribution in [2.24, 2.45) is 0 Å². The molecule has 0 bridgehead atoms. The van der Waals surface area contributed by atoms with Crippen LogP contribution in [0.2, 0.25) is 0 Å². The molecular formula is C20H22N2O3S2. The lowest BCUT2D eigenvalue weighted by molar-refractivity contribution is 0.205. The topological polar surface area (TPSA) is 57.7 Å². The number of aryl methyl sites for hydroxylation is 1. The molecule has 2 aromatic carbocycles. The molecule has 0 unspecified atom stereocenters. The highest BCUT2D eigenvalue weighted by Crippen LogP contribution is 2.37. The average molecular weight is 403 g/mol. The van der Waals surface area contributed by atoms with E-state index in [1.807, 2.05) is 61.7 Å². The van der Waals surface area contributed by atoms with Gasteiger partial charge in [0, 0.05) is 17.1 Å². The summed E-state index contributed by atoms with van der Waals surface area (Å²) in [4.78, 5) is 17.8. The molecule has 2 fully saturated rings. The summed E-state index contributed by atoms with van der Waals surface area (Å²) in [5, 5.41) is 0. The molecule has 4 rings (SSSR count). The first kappa shape index (κ1) is 18.4. The smallest absolute Gasteiger partial charge is 0.314 e. The molecule has 0 aliphatic carbocycles. The lowest BCUT2D eigenvalue weighted by atomic mass is 10.1. The van der Waals surface area contributed by atoms with E-state index in [0.717, 1.165) is 21.7 Å². The van der Waals surface area contributed by atoms with Crippen LogP contribution in [0.1, 0.15) is 11.1 Å². The molecule has 2 saturated heterocycles. The molecule has 2 heterocycles. The quantitative estimate of drug-likeness (QED) is 0.581. The van der Waals surface area contributed by atoms with Crippen LogP contribution < -0.4 is 4.90 Å². The summed E-state index contributed by atoms with van der Waals surface area (Å²) in [6.45, 7) is 2.44. The summed E-state index contributed by atoms with van der Waals surface area (Å²) in [7, 11) is -3.16. The van der Waals surface area contributed by atoms with Crippen molar-refractivity contribution in [3.05, 3.63) is 59.7 Å². The number of hydrogen-bond donors (Lipinski definition) is 0. The summed E-state index contributed by atoms with van der Waals surface area (Å²) in [5.41, 5.74) is 2.92. The maximum Gasteiger partial charge on any atom is 0.325 e. The van der Waals surface area contributed by atoms with Crippen molar-refractivity contribution in [3.8, 4) is 0 Å². The summed E-state index contributed by atoms with van der Waals surface area (Å²) < 4.78 is 24.7. The van der Waals surface area contributed by atoms with Gasteiger partial charge in [-0.25, -0.2) is 13.2 Å². The number of nitrogens with zero attached hydrogens (tertiary/aromatic N) is 2. The predicted molar refractivity (Wildman–Crippen MR) is 109 cm³/mol. The second-order valence-electron chi connectivity index (χ2n) is 7.12. The van der Waals surface area contributed by atoms with Gasteiger partial charge >= 0.3 is 6.03 Å². The Balaban J connectivity index is 1.73. The molecular weight excluding hydrogens is 380 g/mol. The zero-order valence-corrected chi connectivity index (χ0v) is 17.0. The van der Waals surface area contributed by atoms with E-state index in [9.17, 15) is 13.2 Å². The molecule has 0 radical (unpaired) electrons. The molecule has 2 amide bonds. The molecule has 0 aromatic heterocycles. The maximum absolute atomic E-state index is 13.3. The summed E-state index contributed by atoms with van der Waals surface area (Å²) in [6, 6.07) is 14.9. The number of benzene rings is 2. The van der Waals surface area contributed by atoms with Gasteiger partial charge in [0.05, 0.1) is 23.6 Å². The van der Waals surface area contributed by atoms with Crippen molar-refractivity contribution in [1.82, 2.24) is 4.90 Å². The molecule has 2 aliphatic heterocycles. The van der Waals surface area contributed by atoms with Crippen LogP contribution in [-0.2, 0) is 16.4 Å². The van der Waals surface area contributed by atoms with Gasteiger partial charge in [0.1, 0.15) is 0 Å². The number of hydrogen-bond acceptors (Lipinski definition) is 4. The van der Waals surface area contributed by atoms with E-state index in [2.05, 4.69) is 0 Å². The van der Waals surface area contributed by atoms with E-state index in [4.69, 9.17) is 0 Å². The average Bonchev–Trinajstić information content (AvgIpc) is 3.07. The van der Waals surface area contributed by atoms with Gasteiger partial charge in [-0.15, -0.1) is 11.8 Å². The Morgan fingerprint density at radius 1 is 1.07 bits per heavy atom. The molecule has 2 atom stereocenters. The minimum Gasteiger partial charge on any atom is -0.314 e. The van der Waals surface area contributed by atoms with E-state index in [0.29, 0.717) is 6.54 Å². The molecule has 2 aromatic rings. The van der Waals surface area contributed by atoms with Gasteiger partial charge in [-0.2, -0.15) is 0 Å². The van der Waals surface area contributed by atoms with Gasteiger partial charge in [0.25, 0.3) is 0 Å². The number of thioether (sulfide) groups is 1. The number of amides is 2. The fourth-order valence-corrected chi connectivity index (χ4v) is 6.40. The van der Waals surface area contributed by atoms with Crippen molar-refractivity contribution in [2.45, 2.75) is 30.4 Å². The van der Waals surface area contributed by atoms with Crippen molar-refractivity contribution >= 4 is 33.3 Å². The summed E-state index contributed by atoms with van der Waals surface area (Å²) in [5.74, 6) is 0.0607. The maximum atomic E-state index is 13.3. The standard InChI is InChI=1S/C20H22N2O3S2/c1-14-6-3-4-7-15(14)11-21-18-12-27(24,25)13-19(18)22(20(21)23)16-8-5-9-17(10-16)26-2/h3-10,18-19H,11-13H2,1-2H3/t18-,19+/m0/s1. The van der Waals surface area contributed by atoms with Gasteiger partial charge in [0.2, 0.25) is 0 Å².